The number of hydrogen-bond donors (Lipinski definition) is 2. The van der Waals surface area contributed by atoms with Gasteiger partial charge in [-0.3, -0.25) is 4.68 Å². The summed E-state index contributed by atoms with van der Waals surface area (Å²) in [7, 11) is 4.06. The fourth-order valence-corrected chi connectivity index (χ4v) is 4.55. The Morgan fingerprint density at radius 2 is 2.00 bits per heavy atom. The van der Waals surface area contributed by atoms with Gasteiger partial charge in [0.2, 0.25) is 0 Å². The van der Waals surface area contributed by atoms with Crippen LogP contribution in [0.2, 0.25) is 0 Å². The second-order valence-electron chi connectivity index (χ2n) is 11.2. The van der Waals surface area contributed by atoms with Gasteiger partial charge < -0.3 is 24.8 Å². The number of aromatic amines is 1. The van der Waals surface area contributed by atoms with Crippen LogP contribution in [0.5, 0.6) is 0 Å². The summed E-state index contributed by atoms with van der Waals surface area (Å²) in [5, 5.41) is 8.04. The Morgan fingerprint density at radius 1 is 1.21 bits per heavy atom. The minimum atomic E-state index is -0.407. The van der Waals surface area contributed by atoms with Crippen molar-refractivity contribution >= 4 is 17.1 Å². The molecule has 1 aliphatic rings. The number of carbonyl (C=O) groups excluding carboxylic acids is 1. The molecule has 2 amide bonds. The molecule has 4 aromatic rings. The summed E-state index contributed by atoms with van der Waals surface area (Å²) < 4.78 is 22.9. The highest BCUT2D eigenvalue weighted by atomic mass is 19.1. The first-order valence-corrected chi connectivity index (χ1v) is 13.1. The molecule has 1 aromatic carbocycles. The Morgan fingerprint density at radius 3 is 2.72 bits per heavy atom. The van der Waals surface area contributed by atoms with Crippen LogP contribution >= 0.6 is 0 Å². The molecule has 0 unspecified atom stereocenters. The number of urea groups is 1. The Bertz CT molecular complexity index is 1470. The summed E-state index contributed by atoms with van der Waals surface area (Å²) in [5.41, 5.74) is 3.88. The van der Waals surface area contributed by atoms with Crippen molar-refractivity contribution in [1.29, 1.82) is 0 Å². The van der Waals surface area contributed by atoms with E-state index in [0.717, 1.165) is 29.7 Å². The number of halogens is 1. The van der Waals surface area contributed by atoms with Gasteiger partial charge in [-0.25, -0.2) is 19.2 Å². The second kappa shape index (κ2) is 10.7. The number of ether oxygens (including phenoxy) is 1. The van der Waals surface area contributed by atoms with Crippen LogP contribution in [-0.2, 0) is 17.8 Å². The van der Waals surface area contributed by atoms with Gasteiger partial charge in [-0.05, 0) is 47.0 Å². The zero-order valence-corrected chi connectivity index (χ0v) is 23.0. The van der Waals surface area contributed by atoms with Gasteiger partial charge in [0.15, 0.2) is 0 Å². The maximum atomic E-state index is 15.1. The zero-order valence-electron chi connectivity index (χ0n) is 23.0. The summed E-state index contributed by atoms with van der Waals surface area (Å²) >= 11 is 0. The van der Waals surface area contributed by atoms with Crippen LogP contribution in [0.1, 0.15) is 26.3 Å². The number of benzene rings is 1. The van der Waals surface area contributed by atoms with Gasteiger partial charge in [0, 0.05) is 41.4 Å². The smallest absolute Gasteiger partial charge is 0.317 e. The number of likely N-dealkylation sites (tertiary alicyclic amines) is 1. The normalized spacial score (nSPS) is 14.3. The number of nitrogens with zero attached hydrogens (tertiary/aromatic N) is 6. The number of aromatic nitrogens is 5. The van der Waals surface area contributed by atoms with Crippen LogP contribution in [-0.4, -0.2) is 86.0 Å². The highest BCUT2D eigenvalue weighted by molar-refractivity contribution is 5.94. The van der Waals surface area contributed by atoms with Gasteiger partial charge in [-0.1, -0.05) is 12.1 Å². The fraction of sp³-hybridized carbons (Fsp3) is 0.429. The van der Waals surface area contributed by atoms with Crippen LogP contribution in [0.15, 0.2) is 43.0 Å². The Labute approximate surface area is 227 Å². The monoisotopic (exact) mass is 534 g/mol. The number of amides is 2. The zero-order chi connectivity index (χ0) is 27.7. The van der Waals surface area contributed by atoms with Crippen molar-refractivity contribution in [2.24, 2.45) is 0 Å². The second-order valence-corrected chi connectivity index (χ2v) is 11.2. The lowest BCUT2D eigenvalue weighted by molar-refractivity contribution is -0.111. The lowest BCUT2D eigenvalue weighted by Crippen LogP contribution is -2.59. The molecule has 39 heavy (non-hydrogen) atoms. The number of nitrogens with one attached hydrogen (secondary N) is 2. The molecule has 3 aromatic heterocycles. The Hall–Kier alpha value is -3.83. The number of fused-ring (bicyclic) bond motifs is 1. The molecule has 1 fully saturated rings. The van der Waals surface area contributed by atoms with Crippen LogP contribution in [0.4, 0.5) is 9.18 Å². The van der Waals surface area contributed by atoms with Crippen molar-refractivity contribution in [3.8, 4) is 22.5 Å². The SMILES string of the molecule is CN(C)CCn1cc(-c2cc3c(-c4ccc(CNC(=O)N5CC(OC(C)(C)C)C5)c(F)c4)ncnc3[nH]2)cn1. The molecule has 0 radical (unpaired) electrons. The van der Waals surface area contributed by atoms with Gasteiger partial charge in [0.05, 0.1) is 48.9 Å². The van der Waals surface area contributed by atoms with Gasteiger partial charge in [0.25, 0.3) is 0 Å². The lowest BCUT2D eigenvalue weighted by Gasteiger charge is -2.41. The molecule has 10 nitrogen and oxygen atoms in total. The van der Waals surface area contributed by atoms with E-state index in [1.165, 1.54) is 12.4 Å². The third-order valence-corrected chi connectivity index (χ3v) is 6.56. The molecule has 1 aliphatic heterocycles. The standard InChI is InChI=1S/C28H35FN8O2/c1-28(2,3)39-21-15-36(16-21)27(38)30-12-19-7-6-18(10-23(19)29)25-22-11-24(34-26(22)32-17-31-25)20-13-33-37(14-20)9-8-35(4)5/h6-7,10-11,13-14,17,21H,8-9,12,15-16H2,1-5H3,(H,30,38)(H,31,32,34). The average Bonchev–Trinajstić information content (AvgIpc) is 3.50. The largest absolute Gasteiger partial charge is 0.369 e. The first-order valence-electron chi connectivity index (χ1n) is 13.1. The van der Waals surface area contributed by atoms with E-state index >= 15 is 4.39 Å². The van der Waals surface area contributed by atoms with Crippen LogP contribution < -0.4 is 5.32 Å². The summed E-state index contributed by atoms with van der Waals surface area (Å²) in [4.78, 5) is 28.4. The van der Waals surface area contributed by atoms with E-state index in [4.69, 9.17) is 4.74 Å². The molecule has 0 atom stereocenters. The highest BCUT2D eigenvalue weighted by Crippen LogP contribution is 2.30. The molecule has 0 aliphatic carbocycles. The van der Waals surface area contributed by atoms with E-state index in [-0.39, 0.29) is 24.3 Å². The number of carbonyl (C=O) groups is 1. The summed E-state index contributed by atoms with van der Waals surface area (Å²) in [6.45, 7) is 8.81. The predicted octanol–water partition coefficient (Wildman–Crippen LogP) is 3.90. The molecule has 0 saturated carbocycles. The van der Waals surface area contributed by atoms with Crippen LogP contribution in [0, 0.1) is 5.82 Å². The number of H-pyrrole nitrogens is 1. The Kier molecular flexibility index (Phi) is 7.37. The summed E-state index contributed by atoms with van der Waals surface area (Å²) in [6.07, 6.45) is 5.30. The summed E-state index contributed by atoms with van der Waals surface area (Å²) in [6, 6.07) is 6.69. The van der Waals surface area contributed by atoms with E-state index in [1.54, 1.807) is 11.0 Å². The van der Waals surface area contributed by atoms with E-state index in [1.807, 2.05) is 64.1 Å². The molecule has 1 saturated heterocycles. The third kappa shape index (κ3) is 6.26. The number of rotatable bonds is 8. The molecule has 11 heteroatoms. The predicted molar refractivity (Wildman–Crippen MR) is 147 cm³/mol. The van der Waals surface area contributed by atoms with E-state index in [0.29, 0.717) is 35.6 Å². The molecule has 0 spiro atoms. The quantitative estimate of drug-likeness (QED) is 0.355. The maximum Gasteiger partial charge on any atom is 0.317 e. The van der Waals surface area contributed by atoms with E-state index in [9.17, 15) is 4.79 Å². The first kappa shape index (κ1) is 26.8. The molecule has 2 N–H and O–H groups in total. The van der Waals surface area contributed by atoms with Gasteiger partial charge in [-0.2, -0.15) is 5.10 Å². The van der Waals surface area contributed by atoms with Crippen LogP contribution in [0.3, 0.4) is 0 Å². The molecular weight excluding hydrogens is 499 g/mol. The molecule has 206 valence electrons. The first-order chi connectivity index (χ1) is 18.6. The fourth-order valence-electron chi connectivity index (χ4n) is 4.55. The Balaban J connectivity index is 1.26. The number of likely N-dealkylation sites (N-methyl/N-ethyl adjacent to an activating group) is 1. The minimum Gasteiger partial charge on any atom is -0.369 e. The van der Waals surface area contributed by atoms with Crippen molar-refractivity contribution in [2.75, 3.05) is 33.7 Å². The third-order valence-electron chi connectivity index (χ3n) is 6.56. The molecular formula is C28H35FN8O2. The van der Waals surface area contributed by atoms with Crippen LogP contribution in [0.25, 0.3) is 33.5 Å². The topological polar surface area (TPSA) is 104 Å². The van der Waals surface area contributed by atoms with Gasteiger partial charge in [-0.15, -0.1) is 0 Å². The molecule has 0 bridgehead atoms. The lowest BCUT2D eigenvalue weighted by atomic mass is 10.1. The number of hydrogen-bond acceptors (Lipinski definition) is 6. The highest BCUT2D eigenvalue weighted by Gasteiger charge is 2.34. The molecule has 4 heterocycles. The van der Waals surface area contributed by atoms with E-state index in [2.05, 4.69) is 30.3 Å². The van der Waals surface area contributed by atoms with Crippen molar-refractivity contribution in [3.05, 3.63) is 54.4 Å². The van der Waals surface area contributed by atoms with Gasteiger partial charge >= 0.3 is 6.03 Å². The average molecular weight is 535 g/mol. The van der Waals surface area contributed by atoms with E-state index < -0.39 is 5.82 Å². The van der Waals surface area contributed by atoms with Crippen molar-refractivity contribution in [2.45, 2.75) is 45.6 Å². The molecule has 5 rings (SSSR count). The summed E-state index contributed by atoms with van der Waals surface area (Å²) in [5.74, 6) is -0.407. The minimum absolute atomic E-state index is 0.0321. The van der Waals surface area contributed by atoms with Crippen molar-refractivity contribution < 1.29 is 13.9 Å². The van der Waals surface area contributed by atoms with Gasteiger partial charge in [0.1, 0.15) is 17.8 Å². The maximum absolute atomic E-state index is 15.1. The van der Waals surface area contributed by atoms with Crippen molar-refractivity contribution in [3.63, 3.8) is 0 Å². The van der Waals surface area contributed by atoms with Crippen molar-refractivity contribution in [1.82, 2.24) is 39.8 Å².